The fourth-order valence-corrected chi connectivity index (χ4v) is 2.15. The minimum atomic E-state index is -0.817. The smallest absolute Gasteiger partial charge is 0.279 e. The van der Waals surface area contributed by atoms with E-state index < -0.39 is 23.7 Å². The molecule has 6 nitrogen and oxygen atoms in total. The summed E-state index contributed by atoms with van der Waals surface area (Å²) in [6.07, 6.45) is -0.867. The van der Waals surface area contributed by atoms with Crippen molar-refractivity contribution in [3.63, 3.8) is 0 Å². The zero-order valence-corrected chi connectivity index (χ0v) is 14.6. The standard InChI is InChI=1S/C19H21FN2O4/c1-3-25-16-7-9-17(10-8-16)26-13(2)19(24)22-21-18(23)12-14-5-4-6-15(20)11-14/h4-11,13H,3,12H2,1-2H3,(H,21,23)(H,22,24)/t13-/m1/s1. The molecule has 0 fully saturated rings. The molecule has 0 heterocycles. The Morgan fingerprint density at radius 1 is 1.08 bits per heavy atom. The quantitative estimate of drug-likeness (QED) is 0.744. The first-order valence-corrected chi connectivity index (χ1v) is 8.20. The van der Waals surface area contributed by atoms with Gasteiger partial charge < -0.3 is 9.47 Å². The SMILES string of the molecule is CCOc1ccc(O[C@H](C)C(=O)NNC(=O)Cc2cccc(F)c2)cc1. The van der Waals surface area contributed by atoms with E-state index in [0.29, 0.717) is 23.7 Å². The summed E-state index contributed by atoms with van der Waals surface area (Å²) >= 11 is 0. The molecule has 7 heteroatoms. The number of benzene rings is 2. The van der Waals surface area contributed by atoms with Gasteiger partial charge in [-0.15, -0.1) is 0 Å². The minimum Gasteiger partial charge on any atom is -0.494 e. The third kappa shape index (κ3) is 6.08. The van der Waals surface area contributed by atoms with Crippen LogP contribution in [-0.2, 0) is 16.0 Å². The lowest BCUT2D eigenvalue weighted by molar-refractivity contribution is -0.132. The zero-order chi connectivity index (χ0) is 18.9. The molecule has 0 unspecified atom stereocenters. The molecule has 0 bridgehead atoms. The van der Waals surface area contributed by atoms with Crippen molar-refractivity contribution in [3.8, 4) is 11.5 Å². The van der Waals surface area contributed by atoms with Crippen LogP contribution in [0.3, 0.4) is 0 Å². The van der Waals surface area contributed by atoms with E-state index in [4.69, 9.17) is 9.47 Å². The lowest BCUT2D eigenvalue weighted by Gasteiger charge is -2.15. The number of hydrogen-bond acceptors (Lipinski definition) is 4. The summed E-state index contributed by atoms with van der Waals surface area (Å²) in [5.74, 6) is -0.177. The Balaban J connectivity index is 1.78. The van der Waals surface area contributed by atoms with Gasteiger partial charge in [0.2, 0.25) is 5.91 Å². The number of carbonyl (C=O) groups is 2. The largest absolute Gasteiger partial charge is 0.494 e. The van der Waals surface area contributed by atoms with Gasteiger partial charge in [-0.25, -0.2) is 4.39 Å². The van der Waals surface area contributed by atoms with Crippen molar-refractivity contribution in [2.24, 2.45) is 0 Å². The molecule has 0 aromatic heterocycles. The maximum absolute atomic E-state index is 13.1. The molecule has 2 N–H and O–H groups in total. The van der Waals surface area contributed by atoms with Crippen molar-refractivity contribution in [2.45, 2.75) is 26.4 Å². The Hall–Kier alpha value is -3.09. The molecule has 138 valence electrons. The van der Waals surface area contributed by atoms with Crippen molar-refractivity contribution in [1.29, 1.82) is 0 Å². The van der Waals surface area contributed by atoms with E-state index in [2.05, 4.69) is 10.9 Å². The average Bonchev–Trinajstić information content (AvgIpc) is 2.61. The molecular formula is C19H21FN2O4. The number of ether oxygens (including phenoxy) is 2. The van der Waals surface area contributed by atoms with E-state index in [-0.39, 0.29) is 6.42 Å². The second-order valence-electron chi connectivity index (χ2n) is 5.51. The Bertz CT molecular complexity index is 749. The second kappa shape index (κ2) is 9.41. The summed E-state index contributed by atoms with van der Waals surface area (Å²) in [5.41, 5.74) is 5.08. The fourth-order valence-electron chi connectivity index (χ4n) is 2.15. The molecular weight excluding hydrogens is 339 g/mol. The lowest BCUT2D eigenvalue weighted by atomic mass is 10.1. The molecule has 26 heavy (non-hydrogen) atoms. The average molecular weight is 360 g/mol. The Labute approximate surface area is 151 Å². The van der Waals surface area contributed by atoms with Gasteiger partial charge in [-0.1, -0.05) is 12.1 Å². The topological polar surface area (TPSA) is 76.7 Å². The van der Waals surface area contributed by atoms with Crippen molar-refractivity contribution in [3.05, 3.63) is 59.9 Å². The van der Waals surface area contributed by atoms with E-state index in [1.165, 1.54) is 18.2 Å². The van der Waals surface area contributed by atoms with Crippen LogP contribution in [-0.4, -0.2) is 24.5 Å². The maximum Gasteiger partial charge on any atom is 0.279 e. The molecule has 0 saturated carbocycles. The summed E-state index contributed by atoms with van der Waals surface area (Å²) in [4.78, 5) is 23.8. The molecule has 0 aliphatic carbocycles. The van der Waals surface area contributed by atoms with Crippen LogP contribution >= 0.6 is 0 Å². The van der Waals surface area contributed by atoms with Gasteiger partial charge in [0.25, 0.3) is 5.91 Å². The number of amides is 2. The van der Waals surface area contributed by atoms with Crippen LogP contribution in [0.1, 0.15) is 19.4 Å². The monoisotopic (exact) mass is 360 g/mol. The predicted molar refractivity (Wildman–Crippen MR) is 94.1 cm³/mol. The number of nitrogens with one attached hydrogen (secondary N) is 2. The Morgan fingerprint density at radius 3 is 2.42 bits per heavy atom. The Morgan fingerprint density at radius 2 is 1.77 bits per heavy atom. The van der Waals surface area contributed by atoms with Gasteiger partial charge >= 0.3 is 0 Å². The lowest BCUT2D eigenvalue weighted by Crippen LogP contribution is -2.47. The molecule has 0 radical (unpaired) electrons. The summed E-state index contributed by atoms with van der Waals surface area (Å²) < 4.78 is 23.9. The van der Waals surface area contributed by atoms with Crippen LogP contribution in [0.2, 0.25) is 0 Å². The van der Waals surface area contributed by atoms with E-state index in [1.54, 1.807) is 37.3 Å². The van der Waals surface area contributed by atoms with Crippen molar-refractivity contribution < 1.29 is 23.5 Å². The van der Waals surface area contributed by atoms with Gasteiger partial charge in [-0.3, -0.25) is 20.4 Å². The summed E-state index contributed by atoms with van der Waals surface area (Å²) in [6, 6.07) is 12.6. The highest BCUT2D eigenvalue weighted by Gasteiger charge is 2.15. The van der Waals surface area contributed by atoms with Gasteiger partial charge in [0, 0.05) is 0 Å². The third-order valence-corrected chi connectivity index (χ3v) is 3.40. The summed E-state index contributed by atoms with van der Waals surface area (Å²) in [6.45, 7) is 4.01. The molecule has 2 aromatic rings. The van der Waals surface area contributed by atoms with Crippen molar-refractivity contribution in [1.82, 2.24) is 10.9 Å². The first-order chi connectivity index (χ1) is 12.5. The number of carbonyl (C=O) groups excluding carboxylic acids is 2. The first-order valence-electron chi connectivity index (χ1n) is 8.20. The summed E-state index contributed by atoms with van der Waals surface area (Å²) in [5, 5.41) is 0. The summed E-state index contributed by atoms with van der Waals surface area (Å²) in [7, 11) is 0. The fraction of sp³-hybridized carbons (Fsp3) is 0.263. The van der Waals surface area contributed by atoms with Gasteiger partial charge in [0.15, 0.2) is 6.10 Å². The molecule has 0 spiro atoms. The van der Waals surface area contributed by atoms with Gasteiger partial charge in [0.05, 0.1) is 13.0 Å². The maximum atomic E-state index is 13.1. The molecule has 0 aliphatic rings. The van der Waals surface area contributed by atoms with Gasteiger partial charge in [-0.05, 0) is 55.8 Å². The van der Waals surface area contributed by atoms with Crippen LogP contribution in [0, 0.1) is 5.82 Å². The third-order valence-electron chi connectivity index (χ3n) is 3.40. The number of hydrazine groups is 1. The molecule has 2 amide bonds. The molecule has 1 atom stereocenters. The normalized spacial score (nSPS) is 11.3. The van der Waals surface area contributed by atoms with Crippen molar-refractivity contribution >= 4 is 11.8 Å². The highest BCUT2D eigenvalue weighted by Crippen LogP contribution is 2.18. The first kappa shape index (κ1) is 19.2. The highest BCUT2D eigenvalue weighted by molar-refractivity contribution is 5.85. The molecule has 2 aromatic carbocycles. The van der Waals surface area contributed by atoms with Gasteiger partial charge in [0.1, 0.15) is 17.3 Å². The zero-order valence-electron chi connectivity index (χ0n) is 14.6. The van der Waals surface area contributed by atoms with Crippen molar-refractivity contribution in [2.75, 3.05) is 6.61 Å². The van der Waals surface area contributed by atoms with E-state index in [0.717, 1.165) is 0 Å². The molecule has 0 aliphatic heterocycles. The number of rotatable bonds is 7. The van der Waals surface area contributed by atoms with Crippen LogP contribution in [0.25, 0.3) is 0 Å². The molecule has 2 rings (SSSR count). The van der Waals surface area contributed by atoms with Crippen LogP contribution in [0.15, 0.2) is 48.5 Å². The highest BCUT2D eigenvalue weighted by atomic mass is 19.1. The van der Waals surface area contributed by atoms with Crippen LogP contribution < -0.4 is 20.3 Å². The van der Waals surface area contributed by atoms with Crippen LogP contribution in [0.5, 0.6) is 11.5 Å². The minimum absolute atomic E-state index is 0.0494. The number of hydrogen-bond donors (Lipinski definition) is 2. The molecule has 0 saturated heterocycles. The predicted octanol–water partition coefficient (Wildman–Crippen LogP) is 2.38. The van der Waals surface area contributed by atoms with E-state index in [9.17, 15) is 14.0 Å². The van der Waals surface area contributed by atoms with Gasteiger partial charge in [-0.2, -0.15) is 0 Å². The Kier molecular flexibility index (Phi) is 6.96. The number of halogens is 1. The van der Waals surface area contributed by atoms with Crippen LogP contribution in [0.4, 0.5) is 4.39 Å². The second-order valence-corrected chi connectivity index (χ2v) is 5.51. The van der Waals surface area contributed by atoms with E-state index in [1.807, 2.05) is 6.92 Å². The van der Waals surface area contributed by atoms with E-state index >= 15 is 0 Å².